The minimum Gasteiger partial charge on any atom is -0.324 e. The van der Waals surface area contributed by atoms with Crippen LogP contribution in [0, 0.1) is 12.8 Å². The highest BCUT2D eigenvalue weighted by Gasteiger charge is 2.25. The zero-order valence-corrected chi connectivity index (χ0v) is 9.22. The summed E-state index contributed by atoms with van der Waals surface area (Å²) in [5.41, 5.74) is 8.57. The lowest BCUT2D eigenvalue weighted by Gasteiger charge is -2.31. The van der Waals surface area contributed by atoms with Crippen molar-refractivity contribution in [2.45, 2.75) is 32.2 Å². The van der Waals surface area contributed by atoms with Crippen LogP contribution in [0.15, 0.2) is 18.2 Å². The summed E-state index contributed by atoms with van der Waals surface area (Å²) in [7, 11) is 0. The van der Waals surface area contributed by atoms with E-state index in [0.29, 0.717) is 5.92 Å². The lowest BCUT2D eigenvalue weighted by Crippen LogP contribution is -2.26. The first-order chi connectivity index (χ1) is 6.66. The third-order valence-electron chi connectivity index (χ3n) is 3.11. The van der Waals surface area contributed by atoms with Crippen molar-refractivity contribution in [2.24, 2.45) is 11.7 Å². The molecule has 1 unspecified atom stereocenters. The van der Waals surface area contributed by atoms with Gasteiger partial charge in [0.15, 0.2) is 0 Å². The van der Waals surface area contributed by atoms with Crippen molar-refractivity contribution in [2.75, 3.05) is 0 Å². The van der Waals surface area contributed by atoms with E-state index in [9.17, 15) is 0 Å². The normalized spacial score (nSPS) is 19.1. The summed E-state index contributed by atoms with van der Waals surface area (Å²) in [4.78, 5) is 0. The molecule has 0 aromatic heterocycles. The molecule has 2 heteroatoms. The van der Waals surface area contributed by atoms with Gasteiger partial charge in [0.2, 0.25) is 0 Å². The second-order valence-electron chi connectivity index (χ2n) is 4.28. The van der Waals surface area contributed by atoms with Crippen molar-refractivity contribution in [3.63, 3.8) is 0 Å². The van der Waals surface area contributed by atoms with Gasteiger partial charge >= 0.3 is 0 Å². The fourth-order valence-corrected chi connectivity index (χ4v) is 2.33. The number of hydrogen-bond acceptors (Lipinski definition) is 1. The van der Waals surface area contributed by atoms with Gasteiger partial charge < -0.3 is 5.73 Å². The monoisotopic (exact) mass is 209 g/mol. The van der Waals surface area contributed by atoms with Gasteiger partial charge in [0, 0.05) is 11.1 Å². The van der Waals surface area contributed by atoms with Crippen molar-refractivity contribution in [3.8, 4) is 0 Å². The summed E-state index contributed by atoms with van der Waals surface area (Å²) in [5, 5.41) is 0.801. The summed E-state index contributed by atoms with van der Waals surface area (Å²) in [6.45, 7) is 2.06. The van der Waals surface area contributed by atoms with E-state index in [4.69, 9.17) is 17.3 Å². The highest BCUT2D eigenvalue weighted by atomic mass is 35.5. The summed E-state index contributed by atoms with van der Waals surface area (Å²) in [5.74, 6) is 0.674. The second-order valence-corrected chi connectivity index (χ2v) is 4.72. The summed E-state index contributed by atoms with van der Waals surface area (Å²) in [6, 6.07) is 6.30. The predicted molar refractivity (Wildman–Crippen MR) is 60.5 cm³/mol. The Labute approximate surface area is 90.3 Å². The third kappa shape index (κ3) is 1.94. The van der Waals surface area contributed by atoms with Crippen molar-refractivity contribution < 1.29 is 0 Å². The molecule has 0 heterocycles. The fraction of sp³-hybridized carbons (Fsp3) is 0.500. The Hall–Kier alpha value is -0.530. The molecule has 1 aromatic carbocycles. The molecule has 1 aliphatic rings. The maximum atomic E-state index is 6.18. The van der Waals surface area contributed by atoms with Crippen LogP contribution in [0.5, 0.6) is 0 Å². The Morgan fingerprint density at radius 3 is 2.57 bits per heavy atom. The van der Waals surface area contributed by atoms with Gasteiger partial charge in [-0.3, -0.25) is 0 Å². The van der Waals surface area contributed by atoms with Crippen LogP contribution in [0.2, 0.25) is 5.02 Å². The van der Waals surface area contributed by atoms with Crippen molar-refractivity contribution in [3.05, 3.63) is 34.3 Å². The molecular weight excluding hydrogens is 194 g/mol. The molecule has 1 aromatic rings. The Morgan fingerprint density at radius 2 is 2.07 bits per heavy atom. The molecule has 14 heavy (non-hydrogen) atoms. The molecule has 1 aliphatic carbocycles. The lowest BCUT2D eigenvalue weighted by atomic mass is 9.77. The van der Waals surface area contributed by atoms with E-state index in [0.717, 1.165) is 5.02 Å². The average Bonchev–Trinajstić information content (AvgIpc) is 1.98. The molecule has 0 bridgehead atoms. The average molecular weight is 210 g/mol. The molecular formula is C12H16ClN. The number of hydrogen-bond donors (Lipinski definition) is 1. The van der Waals surface area contributed by atoms with Crippen LogP contribution in [-0.4, -0.2) is 0 Å². The van der Waals surface area contributed by atoms with Gasteiger partial charge in [-0.05, 0) is 48.9 Å². The highest BCUT2D eigenvalue weighted by molar-refractivity contribution is 6.30. The highest BCUT2D eigenvalue weighted by Crippen LogP contribution is 2.36. The van der Waals surface area contributed by atoms with E-state index in [-0.39, 0.29) is 6.04 Å². The summed E-state index contributed by atoms with van der Waals surface area (Å²) >= 11 is 6.00. The van der Waals surface area contributed by atoms with Gasteiger partial charge in [0.05, 0.1) is 0 Å². The maximum Gasteiger partial charge on any atom is 0.0411 e. The minimum absolute atomic E-state index is 0.182. The molecule has 1 atom stereocenters. The number of aryl methyl sites for hydroxylation is 1. The molecule has 1 saturated carbocycles. The van der Waals surface area contributed by atoms with Gasteiger partial charge in [-0.1, -0.05) is 24.1 Å². The molecule has 1 fully saturated rings. The van der Waals surface area contributed by atoms with Crippen LogP contribution in [0.25, 0.3) is 0 Å². The molecule has 1 nitrogen and oxygen atoms in total. The van der Waals surface area contributed by atoms with Gasteiger partial charge in [0.25, 0.3) is 0 Å². The van der Waals surface area contributed by atoms with Crippen LogP contribution in [-0.2, 0) is 0 Å². The number of rotatable bonds is 2. The predicted octanol–water partition coefficient (Wildman–Crippen LogP) is 3.45. The number of halogens is 1. The molecule has 76 valence electrons. The topological polar surface area (TPSA) is 26.0 Å². The largest absolute Gasteiger partial charge is 0.324 e. The van der Waals surface area contributed by atoms with Gasteiger partial charge in [-0.25, -0.2) is 0 Å². The standard InChI is InChI=1S/C12H16ClN/c1-8-5-10(7-11(13)6-8)12(14)9-3-2-4-9/h5-7,9,12H,2-4,14H2,1H3. The van der Waals surface area contributed by atoms with E-state index in [1.807, 2.05) is 12.1 Å². The van der Waals surface area contributed by atoms with Crippen LogP contribution in [0.1, 0.15) is 36.4 Å². The van der Waals surface area contributed by atoms with Crippen molar-refractivity contribution in [1.82, 2.24) is 0 Å². The lowest BCUT2D eigenvalue weighted by molar-refractivity contribution is 0.264. The first-order valence-electron chi connectivity index (χ1n) is 5.19. The van der Waals surface area contributed by atoms with E-state index in [2.05, 4.69) is 13.0 Å². The maximum absolute atomic E-state index is 6.18. The smallest absolute Gasteiger partial charge is 0.0411 e. The van der Waals surface area contributed by atoms with Gasteiger partial charge in [-0.15, -0.1) is 0 Å². The van der Waals surface area contributed by atoms with E-state index >= 15 is 0 Å². The number of benzene rings is 1. The molecule has 0 radical (unpaired) electrons. The van der Waals surface area contributed by atoms with Gasteiger partial charge in [-0.2, -0.15) is 0 Å². The Kier molecular flexibility index (Phi) is 2.80. The molecule has 2 N–H and O–H groups in total. The molecule has 0 aliphatic heterocycles. The Morgan fingerprint density at radius 1 is 1.36 bits per heavy atom. The molecule has 2 rings (SSSR count). The van der Waals surface area contributed by atoms with Crippen LogP contribution < -0.4 is 5.73 Å². The molecule has 0 amide bonds. The second kappa shape index (κ2) is 3.92. The summed E-state index contributed by atoms with van der Waals surface area (Å²) in [6.07, 6.45) is 3.87. The zero-order valence-electron chi connectivity index (χ0n) is 8.46. The van der Waals surface area contributed by atoms with Gasteiger partial charge in [0.1, 0.15) is 0 Å². The van der Waals surface area contributed by atoms with Crippen LogP contribution in [0.4, 0.5) is 0 Å². The first kappa shape index (κ1) is 10.0. The van der Waals surface area contributed by atoms with E-state index in [1.54, 1.807) is 0 Å². The van der Waals surface area contributed by atoms with Crippen LogP contribution >= 0.6 is 11.6 Å². The summed E-state index contributed by atoms with van der Waals surface area (Å²) < 4.78 is 0. The Bertz CT molecular complexity index is 311. The first-order valence-corrected chi connectivity index (χ1v) is 5.57. The van der Waals surface area contributed by atoms with E-state index in [1.165, 1.54) is 30.4 Å². The van der Waals surface area contributed by atoms with E-state index < -0.39 is 0 Å². The minimum atomic E-state index is 0.182. The quantitative estimate of drug-likeness (QED) is 0.794. The SMILES string of the molecule is Cc1cc(Cl)cc(C(N)C2CCC2)c1. The van der Waals surface area contributed by atoms with Crippen LogP contribution in [0.3, 0.4) is 0 Å². The number of nitrogens with two attached hydrogens (primary N) is 1. The third-order valence-corrected chi connectivity index (χ3v) is 3.33. The molecule has 0 saturated heterocycles. The zero-order chi connectivity index (χ0) is 10.1. The Balaban J connectivity index is 2.21. The fourth-order valence-electron chi connectivity index (χ4n) is 2.03. The van der Waals surface area contributed by atoms with Crippen molar-refractivity contribution >= 4 is 11.6 Å². The van der Waals surface area contributed by atoms with Crippen molar-refractivity contribution in [1.29, 1.82) is 0 Å². The molecule has 0 spiro atoms.